The Labute approximate surface area is 166 Å². The number of ether oxygens (including phenoxy) is 1. The van der Waals surface area contributed by atoms with Crippen LogP contribution in [0.2, 0.25) is 0 Å². The highest BCUT2D eigenvalue weighted by atomic mass is 127. The van der Waals surface area contributed by atoms with E-state index < -0.39 is 29.9 Å². The van der Waals surface area contributed by atoms with Crippen LogP contribution in [0.1, 0.15) is 24.2 Å². The molecule has 0 amide bonds. The van der Waals surface area contributed by atoms with E-state index in [9.17, 15) is 18.4 Å². The van der Waals surface area contributed by atoms with Gasteiger partial charge in [0, 0.05) is 10.7 Å². The first-order chi connectivity index (χ1) is 10.00. The lowest BCUT2D eigenvalue weighted by atomic mass is 10.0. The summed E-state index contributed by atoms with van der Waals surface area (Å²) in [5.74, 6) is -8.27. The van der Waals surface area contributed by atoms with Crippen molar-refractivity contribution in [1.29, 1.82) is 0 Å². The molecular weight excluding hydrogens is 639 g/mol. The summed E-state index contributed by atoms with van der Waals surface area (Å²) in [6, 6.07) is 3.45. The van der Waals surface area contributed by atoms with E-state index in [-0.39, 0.29) is 5.56 Å². The predicted octanol–water partition coefficient (Wildman–Crippen LogP) is 4.40. The van der Waals surface area contributed by atoms with Gasteiger partial charge in [-0.05, 0) is 85.8 Å². The number of hydrogen-bond acceptors (Lipinski definition) is 3. The van der Waals surface area contributed by atoms with Gasteiger partial charge in [-0.2, -0.15) is 8.78 Å². The van der Waals surface area contributed by atoms with Crippen LogP contribution in [-0.4, -0.2) is 29.1 Å². The highest BCUT2D eigenvalue weighted by molar-refractivity contribution is 14.1. The highest BCUT2D eigenvalue weighted by Gasteiger charge is 2.51. The molecule has 0 radical (unpaired) electrons. The molecule has 0 bridgehead atoms. The van der Waals surface area contributed by atoms with Crippen LogP contribution in [0.25, 0.3) is 0 Å². The summed E-state index contributed by atoms with van der Waals surface area (Å²) < 4.78 is 34.2. The van der Waals surface area contributed by atoms with Crippen molar-refractivity contribution in [3.05, 3.63) is 28.4 Å². The smallest absolute Gasteiger partial charge is 0.378 e. The maximum atomic E-state index is 13.7. The van der Waals surface area contributed by atoms with E-state index in [0.29, 0.717) is 7.14 Å². The Kier molecular flexibility index (Phi) is 7.23. The summed E-state index contributed by atoms with van der Waals surface area (Å²) in [6.45, 7) is 2.75. The standard InChI is InChI=1S/C13H11F2I3O4/c1-5(2)10(13(14,15)12(20)21)22-11(19)8-6(16)3-4-7(17)9(8)18/h3-5,10H,1-2H3,(H,20,21). The van der Waals surface area contributed by atoms with E-state index in [1.54, 1.807) is 12.1 Å². The van der Waals surface area contributed by atoms with Gasteiger partial charge in [-0.1, -0.05) is 13.8 Å². The second-order valence-corrected chi connectivity index (χ2v) is 8.12. The monoisotopic (exact) mass is 650 g/mol. The zero-order valence-corrected chi connectivity index (χ0v) is 17.8. The molecule has 0 aliphatic carbocycles. The predicted molar refractivity (Wildman–Crippen MR) is 101 cm³/mol. The van der Waals surface area contributed by atoms with E-state index in [4.69, 9.17) is 9.84 Å². The van der Waals surface area contributed by atoms with Gasteiger partial charge in [0.05, 0.1) is 5.56 Å². The van der Waals surface area contributed by atoms with Gasteiger partial charge in [0.1, 0.15) is 0 Å². The van der Waals surface area contributed by atoms with E-state index in [0.717, 1.165) is 3.57 Å². The second-order valence-electron chi connectivity index (χ2n) is 4.72. The van der Waals surface area contributed by atoms with Crippen LogP contribution in [0.3, 0.4) is 0 Å². The van der Waals surface area contributed by atoms with Crippen molar-refractivity contribution in [3.8, 4) is 0 Å². The molecular formula is C13H11F2I3O4. The Morgan fingerprint density at radius 2 is 1.68 bits per heavy atom. The van der Waals surface area contributed by atoms with Gasteiger partial charge in [-0.25, -0.2) is 9.59 Å². The fourth-order valence-corrected chi connectivity index (χ4v) is 3.96. The van der Waals surface area contributed by atoms with Crippen molar-refractivity contribution in [3.63, 3.8) is 0 Å². The van der Waals surface area contributed by atoms with Crippen molar-refractivity contribution in [2.45, 2.75) is 25.9 Å². The Balaban J connectivity index is 3.19. The fourth-order valence-electron chi connectivity index (χ4n) is 1.64. The van der Waals surface area contributed by atoms with Crippen LogP contribution < -0.4 is 0 Å². The van der Waals surface area contributed by atoms with Crippen molar-refractivity contribution in [2.75, 3.05) is 0 Å². The van der Waals surface area contributed by atoms with Crippen molar-refractivity contribution < 1.29 is 28.2 Å². The molecule has 0 aromatic heterocycles. The summed E-state index contributed by atoms with van der Waals surface area (Å²) in [6.07, 6.45) is -2.04. The molecule has 1 atom stereocenters. The maximum Gasteiger partial charge on any atom is 0.378 e. The molecule has 0 saturated carbocycles. The number of rotatable bonds is 5. The highest BCUT2D eigenvalue weighted by Crippen LogP contribution is 2.31. The Hall–Kier alpha value is 0.210. The molecule has 1 N–H and O–H groups in total. The van der Waals surface area contributed by atoms with E-state index in [2.05, 4.69) is 0 Å². The molecule has 1 rings (SSSR count). The number of carboxylic acids is 1. The summed E-state index contributed by atoms with van der Waals surface area (Å²) in [7, 11) is 0. The first kappa shape index (κ1) is 20.3. The minimum atomic E-state index is -4.15. The van der Waals surface area contributed by atoms with Gasteiger partial charge in [0.15, 0.2) is 6.10 Å². The number of carbonyl (C=O) groups is 2. The third kappa shape index (κ3) is 4.39. The average molecular weight is 650 g/mol. The number of carboxylic acid groups (broad SMARTS) is 1. The molecule has 4 nitrogen and oxygen atoms in total. The van der Waals surface area contributed by atoms with Crippen LogP contribution >= 0.6 is 67.8 Å². The topological polar surface area (TPSA) is 63.6 Å². The number of alkyl halides is 2. The zero-order chi connectivity index (χ0) is 17.2. The quantitative estimate of drug-likeness (QED) is 0.292. The van der Waals surface area contributed by atoms with Crippen LogP contribution in [0.4, 0.5) is 8.78 Å². The Morgan fingerprint density at radius 1 is 1.18 bits per heavy atom. The van der Waals surface area contributed by atoms with Crippen molar-refractivity contribution in [2.24, 2.45) is 5.92 Å². The molecule has 0 aliphatic heterocycles. The molecule has 1 aromatic rings. The first-order valence-corrected chi connectivity index (χ1v) is 9.19. The largest absolute Gasteiger partial charge is 0.477 e. The summed E-state index contributed by atoms with van der Waals surface area (Å²) in [4.78, 5) is 23.0. The van der Waals surface area contributed by atoms with Gasteiger partial charge in [0.2, 0.25) is 0 Å². The third-order valence-corrected chi connectivity index (χ3v) is 6.68. The second kappa shape index (κ2) is 7.85. The zero-order valence-electron chi connectivity index (χ0n) is 11.4. The number of aliphatic carboxylic acids is 1. The number of halogens is 5. The maximum absolute atomic E-state index is 13.7. The normalized spacial score (nSPS) is 13.1. The van der Waals surface area contributed by atoms with Crippen LogP contribution in [0, 0.1) is 16.6 Å². The fraction of sp³-hybridized carbons (Fsp3) is 0.385. The minimum absolute atomic E-state index is 0.167. The van der Waals surface area contributed by atoms with E-state index in [1.807, 2.05) is 67.8 Å². The molecule has 0 saturated heterocycles. The number of esters is 1. The van der Waals surface area contributed by atoms with Gasteiger partial charge in [0.25, 0.3) is 0 Å². The molecule has 0 heterocycles. The van der Waals surface area contributed by atoms with Crippen LogP contribution in [0.5, 0.6) is 0 Å². The lowest BCUT2D eigenvalue weighted by Crippen LogP contribution is -2.47. The van der Waals surface area contributed by atoms with Crippen molar-refractivity contribution in [1.82, 2.24) is 0 Å². The number of hydrogen-bond donors (Lipinski definition) is 1. The lowest BCUT2D eigenvalue weighted by Gasteiger charge is -2.27. The molecule has 1 aromatic carbocycles. The SMILES string of the molecule is CC(C)C(OC(=O)c1c(I)ccc(I)c1I)C(F)(F)C(=O)O. The summed E-state index contributed by atoms with van der Waals surface area (Å²) in [5.41, 5.74) is 0.167. The first-order valence-electron chi connectivity index (χ1n) is 5.95. The number of benzene rings is 1. The minimum Gasteiger partial charge on any atom is -0.477 e. The molecule has 0 fully saturated rings. The van der Waals surface area contributed by atoms with Gasteiger partial charge >= 0.3 is 17.9 Å². The van der Waals surface area contributed by atoms with Crippen molar-refractivity contribution >= 4 is 79.7 Å². The molecule has 122 valence electrons. The third-order valence-electron chi connectivity index (χ3n) is 2.73. The van der Waals surface area contributed by atoms with Crippen LogP contribution in [-0.2, 0) is 9.53 Å². The summed E-state index contributed by atoms with van der Waals surface area (Å²) >= 11 is 5.84. The molecule has 0 spiro atoms. The van der Waals surface area contributed by atoms with E-state index in [1.165, 1.54) is 13.8 Å². The molecule has 22 heavy (non-hydrogen) atoms. The lowest BCUT2D eigenvalue weighted by molar-refractivity contribution is -0.187. The molecule has 1 unspecified atom stereocenters. The van der Waals surface area contributed by atoms with Gasteiger partial charge in [-0.3, -0.25) is 0 Å². The van der Waals surface area contributed by atoms with Gasteiger partial charge < -0.3 is 9.84 Å². The Bertz CT molecular complexity index is 605. The Morgan fingerprint density at radius 3 is 2.14 bits per heavy atom. The average Bonchev–Trinajstić information content (AvgIpc) is 2.40. The van der Waals surface area contributed by atoms with Crippen LogP contribution in [0.15, 0.2) is 12.1 Å². The summed E-state index contributed by atoms with van der Waals surface area (Å²) in [5, 5.41) is 8.65. The molecule has 0 aliphatic rings. The molecule has 9 heteroatoms. The van der Waals surface area contributed by atoms with Gasteiger partial charge in [-0.15, -0.1) is 0 Å². The number of carbonyl (C=O) groups excluding carboxylic acids is 1. The van der Waals surface area contributed by atoms with E-state index >= 15 is 0 Å².